The van der Waals surface area contributed by atoms with E-state index in [-0.39, 0.29) is 12.3 Å². The van der Waals surface area contributed by atoms with Crippen LogP contribution in [0.4, 0.5) is 0 Å². The van der Waals surface area contributed by atoms with Crippen LogP contribution in [-0.2, 0) is 12.8 Å². The zero-order chi connectivity index (χ0) is 31.6. The molecule has 2 rings (SSSR count). The van der Waals surface area contributed by atoms with Gasteiger partial charge in [-0.05, 0) is 31.1 Å². The number of ether oxygens (including phenoxy) is 6. The van der Waals surface area contributed by atoms with Crippen LogP contribution in [0.2, 0.25) is 0 Å². The summed E-state index contributed by atoms with van der Waals surface area (Å²) in [5.74, 6) is 2.01. The van der Waals surface area contributed by atoms with Gasteiger partial charge in [0.15, 0.2) is 0 Å². The van der Waals surface area contributed by atoms with Gasteiger partial charge in [0.1, 0.15) is 58.9 Å². The van der Waals surface area contributed by atoms with Gasteiger partial charge in [0.25, 0.3) is 0 Å². The lowest BCUT2D eigenvalue weighted by Gasteiger charge is -2.36. The Bertz CT molecular complexity index is 1060. The van der Waals surface area contributed by atoms with Crippen LogP contribution in [0.3, 0.4) is 0 Å². The number of hydrogen-bond acceptors (Lipinski definition) is 12. The molecule has 0 radical (unpaired) electrons. The summed E-state index contributed by atoms with van der Waals surface area (Å²) in [5.41, 5.74) is 1.37. The fourth-order valence-electron chi connectivity index (χ4n) is 5.08. The summed E-state index contributed by atoms with van der Waals surface area (Å²) >= 11 is 0. The Hall–Kier alpha value is -3.00. The Labute approximate surface area is 247 Å². The summed E-state index contributed by atoms with van der Waals surface area (Å²) in [6.07, 6.45) is -7.92. The molecule has 42 heavy (non-hydrogen) atoms. The highest BCUT2D eigenvalue weighted by Gasteiger charge is 2.40. The van der Waals surface area contributed by atoms with E-state index in [1.807, 2.05) is 6.92 Å². The third-order valence-electron chi connectivity index (χ3n) is 7.72. The third kappa shape index (κ3) is 8.30. The monoisotopic (exact) mass is 598 g/mol. The maximum atomic E-state index is 11.4. The molecule has 6 N–H and O–H groups in total. The van der Waals surface area contributed by atoms with Gasteiger partial charge in [-0.25, -0.2) is 0 Å². The van der Waals surface area contributed by atoms with E-state index in [1.54, 1.807) is 45.6 Å². The lowest BCUT2D eigenvalue weighted by atomic mass is 9.77. The Morgan fingerprint density at radius 2 is 0.976 bits per heavy atom. The molecule has 12 nitrogen and oxygen atoms in total. The minimum atomic E-state index is -1.95. The second kappa shape index (κ2) is 16.6. The van der Waals surface area contributed by atoms with Crippen molar-refractivity contribution in [1.82, 2.24) is 0 Å². The van der Waals surface area contributed by atoms with Crippen molar-refractivity contribution in [2.75, 3.05) is 49.3 Å². The molecule has 0 aliphatic carbocycles. The quantitative estimate of drug-likeness (QED) is 0.144. The number of aliphatic hydroxyl groups is 6. The molecule has 0 fully saturated rings. The van der Waals surface area contributed by atoms with Gasteiger partial charge in [-0.15, -0.1) is 0 Å². The standard InChI is InChI=1S/C30H46O12/c1-16(8-9-19-23(39-4)10-17(37-2)11-24(19)40-5)20(27(33)29(35)30(36)28(34)22(32)15-31)14-21-25(41-6)12-18(38-3)13-26(21)42-7/h10-13,16,20,22,27-36H,8-9,14-15H2,1-7H3/t16?,20?,22-,27?,28+,29+,30-/m0/s1. The molecule has 12 heteroatoms. The van der Waals surface area contributed by atoms with Crippen molar-refractivity contribution in [3.05, 3.63) is 35.4 Å². The minimum Gasteiger partial charge on any atom is -0.496 e. The molecule has 0 aromatic heterocycles. The zero-order valence-corrected chi connectivity index (χ0v) is 25.3. The molecule has 0 bridgehead atoms. The smallest absolute Gasteiger partial charge is 0.129 e. The summed E-state index contributed by atoms with van der Waals surface area (Å²) in [6, 6.07) is 6.84. The van der Waals surface area contributed by atoms with E-state index < -0.39 is 43.0 Å². The molecule has 7 atom stereocenters. The predicted molar refractivity (Wildman–Crippen MR) is 154 cm³/mol. The van der Waals surface area contributed by atoms with Crippen molar-refractivity contribution in [2.45, 2.75) is 56.7 Å². The first-order chi connectivity index (χ1) is 20.0. The highest BCUT2D eigenvalue weighted by atomic mass is 16.5. The maximum absolute atomic E-state index is 11.4. The maximum Gasteiger partial charge on any atom is 0.129 e. The topological polar surface area (TPSA) is 177 Å². The fourth-order valence-corrected chi connectivity index (χ4v) is 5.08. The predicted octanol–water partition coefficient (Wildman–Crippen LogP) is 0.963. The third-order valence-corrected chi connectivity index (χ3v) is 7.72. The van der Waals surface area contributed by atoms with Gasteiger partial charge in [0.05, 0.1) is 55.4 Å². The van der Waals surface area contributed by atoms with Gasteiger partial charge in [0, 0.05) is 35.4 Å². The van der Waals surface area contributed by atoms with Crippen molar-refractivity contribution < 1.29 is 59.1 Å². The Morgan fingerprint density at radius 1 is 0.571 bits per heavy atom. The first kappa shape index (κ1) is 35.2. The first-order valence-corrected chi connectivity index (χ1v) is 13.6. The Kier molecular flexibility index (Phi) is 13.9. The van der Waals surface area contributed by atoms with Crippen LogP contribution in [0.25, 0.3) is 0 Å². The largest absolute Gasteiger partial charge is 0.496 e. The van der Waals surface area contributed by atoms with Gasteiger partial charge < -0.3 is 59.1 Å². The zero-order valence-electron chi connectivity index (χ0n) is 25.3. The lowest BCUT2D eigenvalue weighted by molar-refractivity contribution is -0.152. The van der Waals surface area contributed by atoms with Gasteiger partial charge in [-0.3, -0.25) is 0 Å². The molecule has 2 aromatic rings. The fraction of sp³-hybridized carbons (Fsp3) is 0.600. The van der Waals surface area contributed by atoms with Crippen LogP contribution in [-0.4, -0.2) is 110 Å². The summed E-state index contributed by atoms with van der Waals surface area (Å²) in [4.78, 5) is 0. The normalized spacial score (nSPS) is 16.4. The molecule has 238 valence electrons. The molecular weight excluding hydrogens is 552 g/mol. The van der Waals surface area contributed by atoms with Crippen LogP contribution < -0.4 is 28.4 Å². The summed E-state index contributed by atoms with van der Waals surface area (Å²) in [5, 5.41) is 62.2. The van der Waals surface area contributed by atoms with Crippen LogP contribution >= 0.6 is 0 Å². The van der Waals surface area contributed by atoms with Crippen molar-refractivity contribution in [2.24, 2.45) is 11.8 Å². The highest BCUT2D eigenvalue weighted by molar-refractivity contribution is 5.52. The van der Waals surface area contributed by atoms with Gasteiger partial charge >= 0.3 is 0 Å². The van der Waals surface area contributed by atoms with Crippen LogP contribution in [0.15, 0.2) is 24.3 Å². The van der Waals surface area contributed by atoms with E-state index in [4.69, 9.17) is 28.4 Å². The van der Waals surface area contributed by atoms with Gasteiger partial charge in [-0.2, -0.15) is 0 Å². The Morgan fingerprint density at radius 3 is 1.36 bits per heavy atom. The lowest BCUT2D eigenvalue weighted by Crippen LogP contribution is -2.52. The summed E-state index contributed by atoms with van der Waals surface area (Å²) in [7, 11) is 9.10. The number of hydrogen-bond donors (Lipinski definition) is 6. The molecule has 0 saturated heterocycles. The molecule has 0 aliphatic heterocycles. The van der Waals surface area contributed by atoms with E-state index in [0.29, 0.717) is 52.9 Å². The van der Waals surface area contributed by atoms with Crippen LogP contribution in [0.5, 0.6) is 34.5 Å². The molecule has 0 aliphatic rings. The molecule has 3 unspecified atom stereocenters. The van der Waals surface area contributed by atoms with E-state index in [0.717, 1.165) is 5.56 Å². The summed E-state index contributed by atoms with van der Waals surface area (Å²) in [6.45, 7) is 1.05. The minimum absolute atomic E-state index is 0.137. The van der Waals surface area contributed by atoms with Crippen LogP contribution in [0.1, 0.15) is 24.5 Å². The van der Waals surface area contributed by atoms with Gasteiger partial charge in [0.2, 0.25) is 0 Å². The second-order valence-corrected chi connectivity index (χ2v) is 10.1. The molecular formula is C30H46O12. The highest BCUT2D eigenvalue weighted by Crippen LogP contribution is 2.40. The molecule has 2 aromatic carbocycles. The number of methoxy groups -OCH3 is 6. The first-order valence-electron chi connectivity index (χ1n) is 13.6. The van der Waals surface area contributed by atoms with E-state index in [9.17, 15) is 30.6 Å². The second-order valence-electron chi connectivity index (χ2n) is 10.1. The number of benzene rings is 2. The molecule has 0 saturated carbocycles. The molecule has 0 heterocycles. The van der Waals surface area contributed by atoms with Crippen molar-refractivity contribution in [3.8, 4) is 34.5 Å². The molecule has 0 amide bonds. The average Bonchev–Trinajstić information content (AvgIpc) is 3.03. The molecule has 0 spiro atoms. The average molecular weight is 599 g/mol. The SMILES string of the molecule is COc1cc(OC)c(CCC(C)C(Cc2c(OC)cc(OC)cc2OC)C(O)[C@@H](O)[C@@H](O)[C@H](O)[C@@H](O)CO)c(OC)c1. The van der Waals surface area contributed by atoms with Crippen molar-refractivity contribution in [1.29, 1.82) is 0 Å². The number of rotatable bonds is 18. The van der Waals surface area contributed by atoms with Crippen molar-refractivity contribution >= 4 is 0 Å². The van der Waals surface area contributed by atoms with E-state index in [1.165, 1.54) is 21.3 Å². The van der Waals surface area contributed by atoms with Crippen LogP contribution in [0, 0.1) is 11.8 Å². The van der Waals surface area contributed by atoms with E-state index >= 15 is 0 Å². The van der Waals surface area contributed by atoms with E-state index in [2.05, 4.69) is 0 Å². The Balaban J connectivity index is 2.50. The van der Waals surface area contributed by atoms with Gasteiger partial charge in [-0.1, -0.05) is 6.92 Å². The summed E-state index contributed by atoms with van der Waals surface area (Å²) < 4.78 is 33.0. The number of aliphatic hydroxyl groups excluding tert-OH is 6. The van der Waals surface area contributed by atoms with Crippen molar-refractivity contribution in [3.63, 3.8) is 0 Å².